The molecule has 3 aromatic rings. The molecule has 0 aliphatic heterocycles. The van der Waals surface area contributed by atoms with E-state index in [9.17, 15) is 0 Å². The van der Waals surface area contributed by atoms with Crippen molar-refractivity contribution in [3.05, 3.63) is 29.5 Å². The van der Waals surface area contributed by atoms with Crippen LogP contribution in [0.15, 0.2) is 24.5 Å². The second-order valence-corrected chi connectivity index (χ2v) is 5.34. The van der Waals surface area contributed by atoms with Crippen molar-refractivity contribution in [2.24, 2.45) is 0 Å². The normalized spacial score (nSPS) is 10.8. The molecule has 0 aromatic carbocycles. The molecule has 0 N–H and O–H groups in total. The van der Waals surface area contributed by atoms with E-state index >= 15 is 0 Å². The van der Waals surface area contributed by atoms with Crippen LogP contribution in [0, 0.1) is 0 Å². The summed E-state index contributed by atoms with van der Waals surface area (Å²) in [4.78, 5) is 14.4. The molecule has 0 atom stereocenters. The largest absolute Gasteiger partial charge is 0.480 e. The lowest BCUT2D eigenvalue weighted by Gasteiger charge is -2.06. The van der Waals surface area contributed by atoms with Crippen LogP contribution in [-0.4, -0.2) is 29.2 Å². The third-order valence-electron chi connectivity index (χ3n) is 2.76. The van der Waals surface area contributed by atoms with Crippen molar-refractivity contribution in [2.45, 2.75) is 0 Å². The Morgan fingerprint density at radius 1 is 1.20 bits per heavy atom. The number of halogens is 1. The van der Waals surface area contributed by atoms with Gasteiger partial charge in [-0.3, -0.25) is 0 Å². The van der Waals surface area contributed by atoms with Crippen molar-refractivity contribution in [3.63, 3.8) is 0 Å². The second-order valence-electron chi connectivity index (χ2n) is 3.90. The van der Waals surface area contributed by atoms with E-state index in [1.54, 1.807) is 25.6 Å². The number of pyridine rings is 1. The van der Waals surface area contributed by atoms with Crippen molar-refractivity contribution < 1.29 is 9.47 Å². The molecule has 0 unspecified atom stereocenters. The zero-order valence-electron chi connectivity index (χ0n) is 10.8. The van der Waals surface area contributed by atoms with Gasteiger partial charge in [0, 0.05) is 22.7 Å². The predicted octanol–water partition coefficient (Wildman–Crippen LogP) is 3.42. The van der Waals surface area contributed by atoms with E-state index in [1.165, 1.54) is 18.4 Å². The fourth-order valence-electron chi connectivity index (χ4n) is 1.82. The summed E-state index contributed by atoms with van der Waals surface area (Å²) in [6.07, 6.45) is 3.36. The van der Waals surface area contributed by atoms with Crippen LogP contribution in [0.5, 0.6) is 11.9 Å². The molecular formula is C13H10ClN3O2S. The Morgan fingerprint density at radius 3 is 2.75 bits per heavy atom. The smallest absolute Gasteiger partial charge is 0.319 e. The number of methoxy groups -OCH3 is 2. The lowest BCUT2D eigenvalue weighted by molar-refractivity contribution is 0.353. The first-order chi connectivity index (χ1) is 9.72. The minimum Gasteiger partial charge on any atom is -0.480 e. The molecule has 3 aromatic heterocycles. The van der Waals surface area contributed by atoms with Crippen LogP contribution in [0.2, 0.25) is 5.02 Å². The number of nitrogens with zero attached hydrogens (tertiary/aromatic N) is 3. The fourth-order valence-corrected chi connectivity index (χ4v) is 3.10. The van der Waals surface area contributed by atoms with Gasteiger partial charge in [0.1, 0.15) is 4.83 Å². The van der Waals surface area contributed by atoms with Crippen LogP contribution >= 0.6 is 22.9 Å². The SMILES string of the molecule is COc1ncc(-c2cc3c(Cl)ccnc3s2)c(OC)n1. The van der Waals surface area contributed by atoms with E-state index in [1.807, 2.05) is 6.07 Å². The number of ether oxygens (including phenoxy) is 2. The van der Waals surface area contributed by atoms with Gasteiger partial charge in [-0.25, -0.2) is 9.97 Å². The van der Waals surface area contributed by atoms with E-state index in [4.69, 9.17) is 21.1 Å². The fraction of sp³-hybridized carbons (Fsp3) is 0.154. The number of hydrogen-bond acceptors (Lipinski definition) is 6. The molecule has 0 saturated heterocycles. The first kappa shape index (κ1) is 13.1. The van der Waals surface area contributed by atoms with Gasteiger partial charge < -0.3 is 9.47 Å². The summed E-state index contributed by atoms with van der Waals surface area (Å²) in [5.74, 6) is 0.458. The van der Waals surface area contributed by atoms with Crippen LogP contribution in [0.1, 0.15) is 0 Å². The minimum absolute atomic E-state index is 0.267. The maximum atomic E-state index is 6.16. The highest BCUT2D eigenvalue weighted by Gasteiger charge is 2.14. The summed E-state index contributed by atoms with van der Waals surface area (Å²) in [5, 5.41) is 1.58. The number of fused-ring (bicyclic) bond motifs is 1. The monoisotopic (exact) mass is 307 g/mol. The number of hydrogen-bond donors (Lipinski definition) is 0. The van der Waals surface area contributed by atoms with Crippen LogP contribution in [0.4, 0.5) is 0 Å². The summed E-state index contributed by atoms with van der Waals surface area (Å²) < 4.78 is 10.3. The zero-order chi connectivity index (χ0) is 14.1. The molecule has 7 heteroatoms. The van der Waals surface area contributed by atoms with E-state index in [0.717, 1.165) is 20.7 Å². The van der Waals surface area contributed by atoms with Gasteiger partial charge >= 0.3 is 6.01 Å². The highest BCUT2D eigenvalue weighted by molar-refractivity contribution is 7.22. The van der Waals surface area contributed by atoms with Crippen molar-refractivity contribution in [1.29, 1.82) is 0 Å². The topological polar surface area (TPSA) is 57.1 Å². The molecule has 0 amide bonds. The third-order valence-corrected chi connectivity index (χ3v) is 4.16. The lowest BCUT2D eigenvalue weighted by atomic mass is 10.2. The zero-order valence-corrected chi connectivity index (χ0v) is 12.3. The van der Waals surface area contributed by atoms with Crippen LogP contribution < -0.4 is 9.47 Å². The van der Waals surface area contributed by atoms with Crippen molar-refractivity contribution >= 4 is 33.2 Å². The molecule has 0 fully saturated rings. The van der Waals surface area contributed by atoms with Gasteiger partial charge in [0.2, 0.25) is 5.88 Å². The molecule has 5 nitrogen and oxygen atoms in total. The molecule has 0 spiro atoms. The first-order valence-corrected chi connectivity index (χ1v) is 6.92. The van der Waals surface area contributed by atoms with Gasteiger partial charge in [0.05, 0.1) is 24.8 Å². The summed E-state index contributed by atoms with van der Waals surface area (Å²) in [6.45, 7) is 0. The maximum absolute atomic E-state index is 6.16. The van der Waals surface area contributed by atoms with Gasteiger partial charge in [0.25, 0.3) is 0 Å². The van der Waals surface area contributed by atoms with Crippen LogP contribution in [0.3, 0.4) is 0 Å². The molecule has 20 heavy (non-hydrogen) atoms. The quantitative estimate of drug-likeness (QED) is 0.742. The summed E-state index contributed by atoms with van der Waals surface area (Å²) >= 11 is 7.67. The molecule has 0 aliphatic rings. The third kappa shape index (κ3) is 2.17. The van der Waals surface area contributed by atoms with Crippen molar-refractivity contribution in [2.75, 3.05) is 14.2 Å². The summed E-state index contributed by atoms with van der Waals surface area (Å²) in [7, 11) is 3.07. The standard InChI is InChI=1S/C13H10ClN3O2S/c1-18-11-8(6-16-13(17-11)19-2)10-5-7-9(14)3-4-15-12(7)20-10/h3-6H,1-2H3. The Hall–Kier alpha value is -1.92. The van der Waals surface area contributed by atoms with Crippen LogP contribution in [-0.2, 0) is 0 Å². The number of rotatable bonds is 3. The molecule has 0 saturated carbocycles. The molecule has 3 heterocycles. The van der Waals surface area contributed by atoms with E-state index in [0.29, 0.717) is 10.9 Å². The average Bonchev–Trinajstić information content (AvgIpc) is 2.92. The molecule has 0 aliphatic carbocycles. The molecule has 102 valence electrons. The maximum Gasteiger partial charge on any atom is 0.319 e. The highest BCUT2D eigenvalue weighted by Crippen LogP contribution is 2.38. The summed E-state index contributed by atoms with van der Waals surface area (Å²) in [5.41, 5.74) is 0.785. The van der Waals surface area contributed by atoms with Gasteiger partial charge in [-0.05, 0) is 12.1 Å². The molecular weight excluding hydrogens is 298 g/mol. The Morgan fingerprint density at radius 2 is 2.05 bits per heavy atom. The van der Waals surface area contributed by atoms with Gasteiger partial charge in [0.15, 0.2) is 0 Å². The lowest BCUT2D eigenvalue weighted by Crippen LogP contribution is -1.96. The van der Waals surface area contributed by atoms with E-state index in [2.05, 4.69) is 15.0 Å². The Labute approximate surface area is 124 Å². The summed E-state index contributed by atoms with van der Waals surface area (Å²) in [6, 6.07) is 3.99. The number of aromatic nitrogens is 3. The second kappa shape index (κ2) is 5.22. The molecule has 0 radical (unpaired) electrons. The van der Waals surface area contributed by atoms with Gasteiger partial charge in [-0.1, -0.05) is 11.6 Å². The Kier molecular flexibility index (Phi) is 3.42. The average molecular weight is 308 g/mol. The van der Waals surface area contributed by atoms with Crippen LogP contribution in [0.25, 0.3) is 20.7 Å². The van der Waals surface area contributed by atoms with Gasteiger partial charge in [-0.15, -0.1) is 11.3 Å². The highest BCUT2D eigenvalue weighted by atomic mass is 35.5. The predicted molar refractivity (Wildman–Crippen MR) is 78.8 cm³/mol. The van der Waals surface area contributed by atoms with Crippen molar-refractivity contribution in [3.8, 4) is 22.3 Å². The Balaban J connectivity index is 2.17. The van der Waals surface area contributed by atoms with Crippen molar-refractivity contribution in [1.82, 2.24) is 15.0 Å². The number of thiophene rings is 1. The molecule has 3 rings (SSSR count). The molecule has 0 bridgehead atoms. The van der Waals surface area contributed by atoms with E-state index in [-0.39, 0.29) is 6.01 Å². The minimum atomic E-state index is 0.267. The van der Waals surface area contributed by atoms with E-state index < -0.39 is 0 Å². The Bertz CT molecular complexity index is 775. The van der Waals surface area contributed by atoms with Gasteiger partial charge in [-0.2, -0.15) is 4.98 Å². The first-order valence-electron chi connectivity index (χ1n) is 5.72.